The second kappa shape index (κ2) is 9.15. The van der Waals surface area contributed by atoms with Crippen molar-refractivity contribution in [3.63, 3.8) is 0 Å². The molecular formula is C23H27FN6OS. The minimum atomic E-state index is -0.232. The van der Waals surface area contributed by atoms with Crippen LogP contribution in [0.3, 0.4) is 0 Å². The monoisotopic (exact) mass is 454 g/mol. The zero-order valence-electron chi connectivity index (χ0n) is 18.1. The molecule has 9 heteroatoms. The number of hydrogen-bond donors (Lipinski definition) is 0. The number of nitrogens with zero attached hydrogens (tertiary/aromatic N) is 6. The van der Waals surface area contributed by atoms with Crippen molar-refractivity contribution in [1.29, 1.82) is 0 Å². The minimum absolute atomic E-state index is 0.104. The molecule has 2 aromatic rings. The Balaban J connectivity index is 1.10. The van der Waals surface area contributed by atoms with Crippen molar-refractivity contribution < 1.29 is 9.18 Å². The van der Waals surface area contributed by atoms with E-state index in [1.807, 2.05) is 29.8 Å². The van der Waals surface area contributed by atoms with Gasteiger partial charge in [-0.3, -0.25) is 4.79 Å². The van der Waals surface area contributed by atoms with Gasteiger partial charge in [-0.05, 0) is 49.6 Å². The number of benzene rings is 1. The molecule has 3 aliphatic heterocycles. The molecule has 5 rings (SSSR count). The summed E-state index contributed by atoms with van der Waals surface area (Å²) in [5, 5.41) is 9.51. The lowest BCUT2D eigenvalue weighted by molar-refractivity contribution is -0.113. The van der Waals surface area contributed by atoms with Crippen LogP contribution in [0.2, 0.25) is 0 Å². The first-order valence-electron chi connectivity index (χ1n) is 11.1. The lowest BCUT2D eigenvalue weighted by atomic mass is 10.1. The first-order valence-corrected chi connectivity index (χ1v) is 12.1. The first-order chi connectivity index (χ1) is 15.6. The molecule has 3 aliphatic rings. The first kappa shape index (κ1) is 21.3. The van der Waals surface area contributed by atoms with Gasteiger partial charge in [0.25, 0.3) is 5.91 Å². The van der Waals surface area contributed by atoms with Crippen LogP contribution in [0, 0.1) is 11.7 Å². The van der Waals surface area contributed by atoms with E-state index >= 15 is 0 Å². The van der Waals surface area contributed by atoms with Crippen LogP contribution in [0.15, 0.2) is 46.6 Å². The summed E-state index contributed by atoms with van der Waals surface area (Å²) < 4.78 is 15.3. The Morgan fingerprint density at radius 2 is 2.03 bits per heavy atom. The number of allylic oxidation sites excluding steroid dienone is 1. The molecule has 4 heterocycles. The molecule has 0 aliphatic carbocycles. The Kier molecular flexibility index (Phi) is 6.10. The van der Waals surface area contributed by atoms with Gasteiger partial charge in [-0.2, -0.15) is 0 Å². The fraction of sp³-hybridized carbons (Fsp3) is 0.478. The molecule has 7 nitrogen and oxygen atoms in total. The number of aromatic nitrogens is 3. The van der Waals surface area contributed by atoms with E-state index in [0.29, 0.717) is 12.0 Å². The van der Waals surface area contributed by atoms with Crippen molar-refractivity contribution in [2.24, 2.45) is 18.0 Å². The smallest absolute Gasteiger partial charge is 0.269 e. The van der Waals surface area contributed by atoms with E-state index in [0.717, 1.165) is 55.0 Å². The zero-order chi connectivity index (χ0) is 22.1. The molecule has 0 saturated carbocycles. The van der Waals surface area contributed by atoms with Crippen molar-refractivity contribution in [2.75, 3.05) is 36.8 Å². The van der Waals surface area contributed by atoms with E-state index in [9.17, 15) is 9.18 Å². The predicted octanol–water partition coefficient (Wildman–Crippen LogP) is 2.90. The summed E-state index contributed by atoms with van der Waals surface area (Å²) in [6.07, 6.45) is 7.21. The summed E-state index contributed by atoms with van der Waals surface area (Å²) in [6, 6.07) is 7.45. The third-order valence-corrected chi connectivity index (χ3v) is 7.71. The molecule has 1 aromatic heterocycles. The van der Waals surface area contributed by atoms with Gasteiger partial charge in [0, 0.05) is 56.5 Å². The Morgan fingerprint density at radius 3 is 2.81 bits per heavy atom. The van der Waals surface area contributed by atoms with Crippen molar-refractivity contribution in [1.82, 2.24) is 19.7 Å². The van der Waals surface area contributed by atoms with Crippen LogP contribution in [0.4, 0.5) is 10.1 Å². The number of rotatable bonds is 7. The third-order valence-electron chi connectivity index (χ3n) is 6.61. The number of halogens is 1. The van der Waals surface area contributed by atoms with Gasteiger partial charge in [0.05, 0.1) is 5.92 Å². The van der Waals surface area contributed by atoms with Crippen LogP contribution in [0.25, 0.3) is 0 Å². The molecule has 32 heavy (non-hydrogen) atoms. The van der Waals surface area contributed by atoms with Gasteiger partial charge in [-0.25, -0.2) is 9.38 Å². The Labute approximate surface area is 191 Å². The van der Waals surface area contributed by atoms with E-state index in [4.69, 9.17) is 0 Å². The van der Waals surface area contributed by atoms with E-state index in [2.05, 4.69) is 25.0 Å². The number of aliphatic imine (C=N–C) groups is 1. The molecule has 0 N–H and O–H groups in total. The van der Waals surface area contributed by atoms with Gasteiger partial charge < -0.3 is 14.4 Å². The fourth-order valence-corrected chi connectivity index (χ4v) is 5.81. The largest absolute Gasteiger partial charge is 0.367 e. The molecule has 1 amide bonds. The standard InChI is InChI=1S/C23H27FN6OS/c1-28-22(16-3-8-21(31)25-13-16)26-27-23(28)32-12-2-10-29-14-17-9-11-30(20(17)15-29)19-6-4-18(24)5-7-19/h3-8,13,16-17,20H,2,9-12,14-15H2,1H3. The number of carbonyl (C=O) groups excluding carboxylic acids is 1. The number of thioether (sulfide) groups is 1. The average Bonchev–Trinajstić information content (AvgIpc) is 3.47. The Bertz CT molecular complexity index is 1020. The topological polar surface area (TPSA) is 66.6 Å². The number of likely N-dealkylation sites (tertiary alicyclic amines) is 1. The van der Waals surface area contributed by atoms with Gasteiger partial charge >= 0.3 is 0 Å². The van der Waals surface area contributed by atoms with Crippen LogP contribution in [0.1, 0.15) is 24.6 Å². The lowest BCUT2D eigenvalue weighted by Gasteiger charge is -2.27. The van der Waals surface area contributed by atoms with Gasteiger partial charge in [0.1, 0.15) is 11.6 Å². The number of amides is 1. The Morgan fingerprint density at radius 1 is 1.19 bits per heavy atom. The molecule has 1 aromatic carbocycles. The number of anilines is 1. The van der Waals surface area contributed by atoms with Crippen LogP contribution in [-0.2, 0) is 11.8 Å². The van der Waals surface area contributed by atoms with Crippen LogP contribution in [0.5, 0.6) is 0 Å². The molecule has 2 saturated heterocycles. The summed E-state index contributed by atoms with van der Waals surface area (Å²) in [7, 11) is 1.96. The summed E-state index contributed by atoms with van der Waals surface area (Å²) in [6.45, 7) is 4.36. The fourth-order valence-electron chi connectivity index (χ4n) is 4.96. The van der Waals surface area contributed by atoms with E-state index < -0.39 is 0 Å². The minimum Gasteiger partial charge on any atom is -0.367 e. The Hall–Kier alpha value is -2.52. The van der Waals surface area contributed by atoms with Gasteiger partial charge in [-0.15, -0.1) is 10.2 Å². The third kappa shape index (κ3) is 4.36. The summed E-state index contributed by atoms with van der Waals surface area (Å²) in [5.74, 6) is 1.97. The van der Waals surface area contributed by atoms with Crippen LogP contribution >= 0.6 is 11.8 Å². The number of dihydropyridines is 1. The van der Waals surface area contributed by atoms with Crippen molar-refractivity contribution in [3.8, 4) is 0 Å². The maximum absolute atomic E-state index is 13.3. The molecule has 0 bridgehead atoms. The van der Waals surface area contributed by atoms with Gasteiger partial charge in [-0.1, -0.05) is 17.8 Å². The van der Waals surface area contributed by atoms with Crippen LogP contribution < -0.4 is 4.90 Å². The van der Waals surface area contributed by atoms with Gasteiger partial charge in [0.2, 0.25) is 0 Å². The molecule has 2 fully saturated rings. The summed E-state index contributed by atoms with van der Waals surface area (Å²) in [4.78, 5) is 20.1. The maximum Gasteiger partial charge on any atom is 0.269 e. The van der Waals surface area contributed by atoms with E-state index in [1.165, 1.54) is 12.5 Å². The molecule has 168 valence electrons. The molecule has 3 unspecified atom stereocenters. The number of fused-ring (bicyclic) bond motifs is 1. The SMILES string of the molecule is Cn1c(SCCCN2CC3CCN(c4ccc(F)cc4)C3C2)nnc1C1C=CC(=O)N=C1. The summed E-state index contributed by atoms with van der Waals surface area (Å²) >= 11 is 1.72. The van der Waals surface area contributed by atoms with Crippen LogP contribution in [-0.4, -0.2) is 69.8 Å². The quantitative estimate of drug-likeness (QED) is 0.474. The maximum atomic E-state index is 13.3. The molecule has 3 atom stereocenters. The van der Waals surface area contributed by atoms with E-state index in [-0.39, 0.29) is 17.6 Å². The summed E-state index contributed by atoms with van der Waals surface area (Å²) in [5.41, 5.74) is 1.14. The zero-order valence-corrected chi connectivity index (χ0v) is 18.9. The molecular weight excluding hydrogens is 427 g/mol. The highest BCUT2D eigenvalue weighted by molar-refractivity contribution is 7.99. The highest BCUT2D eigenvalue weighted by atomic mass is 32.2. The number of carbonyl (C=O) groups is 1. The molecule has 0 radical (unpaired) electrons. The van der Waals surface area contributed by atoms with Crippen molar-refractivity contribution in [2.45, 2.75) is 30.0 Å². The lowest BCUT2D eigenvalue weighted by Crippen LogP contribution is -2.35. The van der Waals surface area contributed by atoms with Crippen molar-refractivity contribution in [3.05, 3.63) is 48.1 Å². The predicted molar refractivity (Wildman–Crippen MR) is 124 cm³/mol. The van der Waals surface area contributed by atoms with Gasteiger partial charge in [0.15, 0.2) is 5.16 Å². The molecule has 0 spiro atoms. The second-order valence-corrected chi connectivity index (χ2v) is 9.71. The highest BCUT2D eigenvalue weighted by Gasteiger charge is 2.41. The van der Waals surface area contributed by atoms with E-state index in [1.54, 1.807) is 30.1 Å². The average molecular weight is 455 g/mol. The number of hydrogen-bond acceptors (Lipinski definition) is 6. The normalized spacial score (nSPS) is 25.1. The highest BCUT2D eigenvalue weighted by Crippen LogP contribution is 2.35. The second-order valence-electron chi connectivity index (χ2n) is 8.65. The van der Waals surface area contributed by atoms with Crippen molar-refractivity contribution >= 4 is 29.6 Å².